The van der Waals surface area contributed by atoms with Gasteiger partial charge in [-0.2, -0.15) is 0 Å². The quantitative estimate of drug-likeness (QED) is 0.253. The Bertz CT molecular complexity index is 1790. The number of aromatic nitrogens is 2. The maximum absolute atomic E-state index is 15.2. The lowest BCUT2D eigenvalue weighted by Crippen LogP contribution is -2.45. The molecule has 0 aliphatic carbocycles. The molecule has 4 aromatic rings. The highest BCUT2D eigenvalue weighted by atomic mass is 35.5. The number of rotatable bonds is 5. The Morgan fingerprint density at radius 3 is 2.88 bits per heavy atom. The van der Waals surface area contributed by atoms with E-state index >= 15 is 4.39 Å². The predicted molar refractivity (Wildman–Crippen MR) is 160 cm³/mol. The van der Waals surface area contributed by atoms with Crippen LogP contribution in [0.5, 0.6) is 0 Å². The van der Waals surface area contributed by atoms with E-state index in [1.807, 2.05) is 0 Å². The van der Waals surface area contributed by atoms with Crippen LogP contribution in [-0.4, -0.2) is 51.7 Å². The second kappa shape index (κ2) is 10.7. The molecule has 7 rings (SSSR count). The number of H-pyrrole nitrogens is 1. The monoisotopic (exact) mass is 601 g/mol. The van der Waals surface area contributed by atoms with Crippen molar-refractivity contribution in [3.8, 4) is 0 Å². The van der Waals surface area contributed by atoms with E-state index in [4.69, 9.17) is 16.3 Å². The first-order valence-corrected chi connectivity index (χ1v) is 14.7. The number of hydrogen-bond acceptors (Lipinski definition) is 6. The van der Waals surface area contributed by atoms with Crippen LogP contribution >= 0.6 is 11.6 Å². The molecule has 3 aliphatic rings. The van der Waals surface area contributed by atoms with Crippen LogP contribution in [0.2, 0.25) is 5.02 Å². The van der Waals surface area contributed by atoms with Crippen molar-refractivity contribution in [3.63, 3.8) is 0 Å². The molecule has 0 spiro atoms. The average molecular weight is 602 g/mol. The zero-order valence-electron chi connectivity index (χ0n) is 23.1. The first-order chi connectivity index (χ1) is 20.8. The summed E-state index contributed by atoms with van der Waals surface area (Å²) in [6, 6.07) is 15.8. The maximum atomic E-state index is 15.2. The third kappa shape index (κ3) is 4.61. The number of nitrogens with one attached hydrogen (secondary N) is 2. The normalized spacial score (nSPS) is 21.4. The number of carbonyl (C=O) groups is 2. The fraction of sp³-hybridized carbons (Fsp3) is 0.281. The fourth-order valence-electron chi connectivity index (χ4n) is 6.49. The average Bonchev–Trinajstić information content (AvgIpc) is 3.53. The van der Waals surface area contributed by atoms with E-state index in [-0.39, 0.29) is 40.3 Å². The van der Waals surface area contributed by atoms with Gasteiger partial charge in [0.1, 0.15) is 6.61 Å². The molecule has 9 nitrogen and oxygen atoms in total. The second-order valence-electron chi connectivity index (χ2n) is 11.1. The number of benzene rings is 3. The van der Waals surface area contributed by atoms with E-state index in [0.717, 1.165) is 43.7 Å². The summed E-state index contributed by atoms with van der Waals surface area (Å²) in [6.07, 6.45) is 5.90. The van der Waals surface area contributed by atoms with Gasteiger partial charge in [-0.15, -0.1) is 0 Å². The summed E-state index contributed by atoms with van der Waals surface area (Å²) in [5, 5.41) is 14.8. The molecule has 3 N–H and O–H groups in total. The lowest BCUT2D eigenvalue weighted by Gasteiger charge is -2.39. The molecular weight excluding hydrogens is 573 g/mol. The van der Waals surface area contributed by atoms with Gasteiger partial charge in [0.05, 0.1) is 21.7 Å². The van der Waals surface area contributed by atoms with Crippen LogP contribution in [0.1, 0.15) is 47.2 Å². The first-order valence-electron chi connectivity index (χ1n) is 14.3. The van der Waals surface area contributed by atoms with Crippen molar-refractivity contribution in [3.05, 3.63) is 100.0 Å². The number of hydrogen-bond donors (Lipinski definition) is 3. The van der Waals surface area contributed by atoms with Crippen LogP contribution in [-0.2, 0) is 10.5 Å². The molecule has 2 unspecified atom stereocenters. The number of imidazole rings is 1. The second-order valence-corrected chi connectivity index (χ2v) is 11.5. The highest BCUT2D eigenvalue weighted by Crippen LogP contribution is 2.46. The van der Waals surface area contributed by atoms with Gasteiger partial charge in [-0.25, -0.2) is 14.2 Å². The van der Waals surface area contributed by atoms with Crippen LogP contribution < -0.4 is 10.2 Å². The van der Waals surface area contributed by atoms with Crippen molar-refractivity contribution >= 4 is 46.3 Å². The van der Waals surface area contributed by atoms with Gasteiger partial charge in [0.15, 0.2) is 11.5 Å². The topological polar surface area (TPSA) is 111 Å². The number of aromatic amines is 1. The number of halogens is 2. The summed E-state index contributed by atoms with van der Waals surface area (Å²) < 4.78 is 20.8. The van der Waals surface area contributed by atoms with E-state index < -0.39 is 23.5 Å². The Labute approximate surface area is 251 Å². The van der Waals surface area contributed by atoms with Gasteiger partial charge in [-0.05, 0) is 56.0 Å². The van der Waals surface area contributed by atoms with E-state index in [1.54, 1.807) is 42.5 Å². The molecule has 43 heavy (non-hydrogen) atoms. The Balaban J connectivity index is 1.16. The Hall–Kier alpha value is -4.41. The molecule has 4 heterocycles. The molecule has 3 aliphatic heterocycles. The SMILES string of the molecule is O=C(Nc1nc2ccc(C3(O)c4ccccc4C(=O)N3c3cccc(Cl)c3F)cc2[nH]1)OCC1CCCN2CCCC=C12. The number of allylic oxidation sites excluding steroid dienone is 1. The Kier molecular flexibility index (Phi) is 6.82. The van der Waals surface area contributed by atoms with Gasteiger partial charge in [-0.1, -0.05) is 48.0 Å². The van der Waals surface area contributed by atoms with Crippen molar-refractivity contribution in [2.75, 3.05) is 29.9 Å². The number of ether oxygens (including phenoxy) is 1. The van der Waals surface area contributed by atoms with Crippen molar-refractivity contribution in [1.82, 2.24) is 14.9 Å². The predicted octanol–water partition coefficient (Wildman–Crippen LogP) is 6.15. The van der Waals surface area contributed by atoms with Crippen molar-refractivity contribution in [2.45, 2.75) is 31.4 Å². The first kappa shape index (κ1) is 27.4. The van der Waals surface area contributed by atoms with Crippen LogP contribution in [0.25, 0.3) is 11.0 Å². The van der Waals surface area contributed by atoms with Crippen LogP contribution in [0.4, 0.5) is 20.8 Å². The van der Waals surface area contributed by atoms with Crippen molar-refractivity contribution < 1.29 is 23.8 Å². The molecule has 2 atom stereocenters. The van der Waals surface area contributed by atoms with Crippen LogP contribution in [0.15, 0.2) is 72.4 Å². The number of carbonyl (C=O) groups excluding carboxylic acids is 2. The summed E-state index contributed by atoms with van der Waals surface area (Å²) in [6.45, 7) is 2.39. The summed E-state index contributed by atoms with van der Waals surface area (Å²) in [5.41, 5.74) is 0.897. The Morgan fingerprint density at radius 1 is 1.16 bits per heavy atom. The summed E-state index contributed by atoms with van der Waals surface area (Å²) in [4.78, 5) is 37.1. The standard InChI is InChI=1S/C32H29ClFN5O4/c33-23-10-5-12-27(28(23)34)39-29(40)21-8-1-2-9-22(21)32(39,42)20-13-14-24-25(17-20)36-30(35-24)37-31(41)43-18-19-7-6-16-38-15-4-3-11-26(19)38/h1-2,5,8-14,17,19,42H,3-4,6-7,15-16,18H2,(H2,35,36,37,41). The molecule has 3 aromatic carbocycles. The molecule has 0 bridgehead atoms. The zero-order valence-corrected chi connectivity index (χ0v) is 23.9. The van der Waals surface area contributed by atoms with Crippen molar-refractivity contribution in [2.24, 2.45) is 5.92 Å². The molecule has 1 saturated heterocycles. The molecule has 1 fully saturated rings. The number of nitrogens with zero attached hydrogens (tertiary/aromatic N) is 3. The van der Waals surface area contributed by atoms with Crippen LogP contribution in [0, 0.1) is 11.7 Å². The third-order valence-corrected chi connectivity index (χ3v) is 8.79. The largest absolute Gasteiger partial charge is 0.449 e. The molecule has 2 amide bonds. The molecule has 0 saturated carbocycles. The zero-order chi connectivity index (χ0) is 29.7. The molecular formula is C32H29ClFN5O4. The number of aliphatic hydroxyl groups is 1. The molecule has 1 aromatic heterocycles. The lowest BCUT2D eigenvalue weighted by molar-refractivity contribution is 0.0699. The van der Waals surface area contributed by atoms with Gasteiger partial charge in [0.25, 0.3) is 5.91 Å². The maximum Gasteiger partial charge on any atom is 0.413 e. The molecule has 220 valence electrons. The number of anilines is 2. The van der Waals surface area contributed by atoms with Gasteiger partial charge in [0, 0.05) is 41.4 Å². The van der Waals surface area contributed by atoms with Crippen molar-refractivity contribution in [1.29, 1.82) is 0 Å². The minimum absolute atomic E-state index is 0.156. The van der Waals surface area contributed by atoms with Crippen LogP contribution in [0.3, 0.4) is 0 Å². The van der Waals surface area contributed by atoms with Gasteiger partial charge in [-0.3, -0.25) is 15.0 Å². The van der Waals surface area contributed by atoms with Gasteiger partial charge in [0.2, 0.25) is 5.95 Å². The smallest absolute Gasteiger partial charge is 0.413 e. The minimum atomic E-state index is -2.05. The summed E-state index contributed by atoms with van der Waals surface area (Å²) in [5.74, 6) is -1.04. The van der Waals surface area contributed by atoms with E-state index in [1.165, 1.54) is 23.9 Å². The minimum Gasteiger partial charge on any atom is -0.449 e. The molecule has 0 radical (unpaired) electrons. The summed E-state index contributed by atoms with van der Waals surface area (Å²) in [7, 11) is 0. The van der Waals surface area contributed by atoms with Gasteiger partial charge < -0.3 is 19.7 Å². The van der Waals surface area contributed by atoms with E-state index in [0.29, 0.717) is 16.6 Å². The highest BCUT2D eigenvalue weighted by molar-refractivity contribution is 6.31. The third-order valence-electron chi connectivity index (χ3n) is 8.50. The van der Waals surface area contributed by atoms with Gasteiger partial charge >= 0.3 is 6.09 Å². The number of fused-ring (bicyclic) bond motifs is 3. The lowest BCUT2D eigenvalue weighted by atomic mass is 9.91. The van der Waals surface area contributed by atoms with E-state index in [9.17, 15) is 14.7 Å². The number of piperidine rings is 1. The highest BCUT2D eigenvalue weighted by Gasteiger charge is 2.51. The van der Waals surface area contributed by atoms with E-state index in [2.05, 4.69) is 26.3 Å². The Morgan fingerprint density at radius 2 is 2.00 bits per heavy atom. The fourth-order valence-corrected chi connectivity index (χ4v) is 6.66. The summed E-state index contributed by atoms with van der Waals surface area (Å²) >= 11 is 6.05. The molecule has 11 heteroatoms. The number of amides is 2.